The lowest BCUT2D eigenvalue weighted by molar-refractivity contribution is -0.0993. The molecule has 19 heteroatoms. The van der Waals surface area contributed by atoms with Gasteiger partial charge in [0.15, 0.2) is 12.5 Å². The number of aromatic amines is 1. The largest absolute Gasteiger partial charge is 0.472 e. The topological polar surface area (TPSA) is 271 Å². The van der Waals surface area contributed by atoms with Gasteiger partial charge in [-0.15, -0.1) is 0 Å². The molecular formula is C19H26N5O13P. The Bertz CT molecular complexity index is 1390. The number of hydrogen-bond acceptors (Lipinski definition) is 14. The fourth-order valence-electron chi connectivity index (χ4n) is 4.22. The Kier molecular flexibility index (Phi) is 7.74. The van der Waals surface area contributed by atoms with Crippen molar-refractivity contribution in [2.24, 2.45) is 0 Å². The molecule has 2 saturated heterocycles. The molecule has 1 unspecified atom stereocenters. The van der Waals surface area contributed by atoms with E-state index < -0.39 is 86.6 Å². The summed E-state index contributed by atoms with van der Waals surface area (Å²) in [5.41, 5.74) is 0.746. The van der Waals surface area contributed by atoms with Crippen LogP contribution in [0.5, 0.6) is 0 Å². The molecule has 0 aromatic carbocycles. The summed E-state index contributed by atoms with van der Waals surface area (Å²) in [5.74, 6) is -0.0993. The molecule has 2 aliphatic heterocycles. The molecule has 2 aromatic heterocycles. The van der Waals surface area contributed by atoms with Crippen LogP contribution in [0.2, 0.25) is 0 Å². The molecule has 0 bridgehead atoms. The summed E-state index contributed by atoms with van der Waals surface area (Å²) >= 11 is 0. The van der Waals surface area contributed by atoms with Crippen LogP contribution in [-0.2, 0) is 23.1 Å². The van der Waals surface area contributed by atoms with Crippen molar-refractivity contribution < 1.29 is 48.4 Å². The lowest BCUT2D eigenvalue weighted by Crippen LogP contribution is -2.47. The molecule has 8 N–H and O–H groups in total. The van der Waals surface area contributed by atoms with E-state index in [1.54, 1.807) is 0 Å². The molecule has 0 saturated carbocycles. The van der Waals surface area contributed by atoms with Gasteiger partial charge in [-0.3, -0.25) is 28.0 Å². The highest BCUT2D eigenvalue weighted by atomic mass is 31.2. The first-order chi connectivity index (χ1) is 17.7. The fourth-order valence-corrected chi connectivity index (χ4v) is 5.25. The van der Waals surface area contributed by atoms with E-state index in [1.807, 2.05) is 4.98 Å². The molecule has 38 heavy (non-hydrogen) atoms. The van der Waals surface area contributed by atoms with Gasteiger partial charge in [-0.2, -0.15) is 4.98 Å². The van der Waals surface area contributed by atoms with Gasteiger partial charge in [-0.1, -0.05) is 0 Å². The van der Waals surface area contributed by atoms with E-state index in [0.717, 1.165) is 28.3 Å². The molecule has 0 radical (unpaired) electrons. The van der Waals surface area contributed by atoms with Crippen LogP contribution in [0.1, 0.15) is 19.4 Å². The second kappa shape index (κ2) is 10.4. The number of phosphoric ester groups is 1. The third-order valence-corrected chi connectivity index (χ3v) is 7.08. The van der Waals surface area contributed by atoms with E-state index in [-0.39, 0.29) is 5.82 Å². The minimum absolute atomic E-state index is 0.0993. The Balaban J connectivity index is 1.46. The van der Waals surface area contributed by atoms with Gasteiger partial charge < -0.3 is 40.5 Å². The minimum Gasteiger partial charge on any atom is -0.394 e. The van der Waals surface area contributed by atoms with Crippen molar-refractivity contribution in [3.8, 4) is 0 Å². The highest BCUT2D eigenvalue weighted by molar-refractivity contribution is 7.47. The van der Waals surface area contributed by atoms with E-state index >= 15 is 0 Å². The maximum Gasteiger partial charge on any atom is 0.472 e. The fraction of sp³-hybridized carbons (Fsp3) is 0.579. The van der Waals surface area contributed by atoms with Crippen LogP contribution in [0.4, 0.5) is 5.82 Å². The Hall–Kier alpha value is -2.77. The number of anilines is 1. The molecule has 4 rings (SSSR count). The first kappa shape index (κ1) is 28.2. The number of H-pyrrole nitrogens is 1. The number of aliphatic hydroxyl groups excluding tert-OH is 3. The van der Waals surface area contributed by atoms with Gasteiger partial charge >= 0.3 is 19.2 Å². The monoisotopic (exact) mass is 563 g/mol. The van der Waals surface area contributed by atoms with E-state index in [2.05, 4.69) is 4.98 Å². The summed E-state index contributed by atoms with van der Waals surface area (Å²) in [6, 6.07) is 2.23. The van der Waals surface area contributed by atoms with Crippen molar-refractivity contribution in [1.29, 1.82) is 0 Å². The number of rotatable bonds is 8. The van der Waals surface area contributed by atoms with E-state index in [9.17, 15) is 44.3 Å². The number of ether oxygens (including phenoxy) is 2. The van der Waals surface area contributed by atoms with Crippen LogP contribution in [0.15, 0.2) is 38.9 Å². The molecule has 4 heterocycles. The number of hydrogen-bond donors (Lipinski definition) is 7. The van der Waals surface area contributed by atoms with Gasteiger partial charge in [0, 0.05) is 18.5 Å². The number of phosphoric acid groups is 1. The molecule has 9 atom stereocenters. The van der Waals surface area contributed by atoms with E-state index in [0.29, 0.717) is 0 Å². The summed E-state index contributed by atoms with van der Waals surface area (Å²) in [6.07, 6.45) is -8.66. The van der Waals surface area contributed by atoms with Crippen LogP contribution < -0.4 is 22.7 Å². The predicted octanol–water partition coefficient (Wildman–Crippen LogP) is -3.86. The zero-order chi connectivity index (χ0) is 28.0. The van der Waals surface area contributed by atoms with Gasteiger partial charge in [0.2, 0.25) is 0 Å². The standard InChI is InChI=1S/C19H26N5O13P/c1-19(31)14(8(6-25)36-16(19)24-4-2-10(20)21-17(24)29)37-38(32,33)34-7-9-12(27)13(28)15(35-9)23-5-3-11(26)22-18(23)30/h2-5,8-9,12-16,25,27-28,31H,6-7H2,1H3,(H,32,33)(H2,20,21,29)(H,22,26,30)/t8-,9-,12-,13-,14-,15-,16-,19-/m1/s1. The molecule has 2 fully saturated rings. The molecule has 210 valence electrons. The maximum atomic E-state index is 12.7. The van der Waals surface area contributed by atoms with Crippen LogP contribution in [0.3, 0.4) is 0 Å². The Morgan fingerprint density at radius 3 is 2.47 bits per heavy atom. The van der Waals surface area contributed by atoms with Crippen molar-refractivity contribution in [2.45, 2.75) is 55.5 Å². The molecule has 0 spiro atoms. The van der Waals surface area contributed by atoms with Crippen molar-refractivity contribution in [3.05, 3.63) is 55.8 Å². The highest BCUT2D eigenvalue weighted by Crippen LogP contribution is 2.51. The highest BCUT2D eigenvalue weighted by Gasteiger charge is 2.57. The Morgan fingerprint density at radius 2 is 1.84 bits per heavy atom. The Labute approximate surface area is 212 Å². The quantitative estimate of drug-likeness (QED) is 0.151. The average Bonchev–Trinajstić information content (AvgIpc) is 3.25. The molecule has 0 aliphatic carbocycles. The molecule has 2 aromatic rings. The summed E-state index contributed by atoms with van der Waals surface area (Å²) in [5, 5.41) is 41.3. The normalized spacial score (nSPS) is 34.8. The lowest BCUT2D eigenvalue weighted by Gasteiger charge is -2.31. The van der Waals surface area contributed by atoms with Gasteiger partial charge in [-0.05, 0) is 13.0 Å². The van der Waals surface area contributed by atoms with Crippen LogP contribution in [0, 0.1) is 0 Å². The first-order valence-corrected chi connectivity index (χ1v) is 12.6. The summed E-state index contributed by atoms with van der Waals surface area (Å²) in [4.78, 5) is 51.3. The van der Waals surface area contributed by atoms with Gasteiger partial charge in [0.1, 0.15) is 41.9 Å². The average molecular weight is 563 g/mol. The van der Waals surface area contributed by atoms with Crippen molar-refractivity contribution in [2.75, 3.05) is 18.9 Å². The number of nitrogen functional groups attached to an aromatic ring is 1. The third-order valence-electron chi connectivity index (χ3n) is 6.11. The van der Waals surface area contributed by atoms with Gasteiger partial charge in [-0.25, -0.2) is 14.2 Å². The number of nitrogens with one attached hydrogen (secondary N) is 1. The summed E-state index contributed by atoms with van der Waals surface area (Å²) < 4.78 is 35.3. The number of nitrogens with two attached hydrogens (primary N) is 1. The molecule has 2 aliphatic rings. The number of nitrogens with zero attached hydrogens (tertiary/aromatic N) is 3. The molecule has 18 nitrogen and oxygen atoms in total. The summed E-state index contributed by atoms with van der Waals surface area (Å²) in [6.45, 7) is -0.487. The predicted molar refractivity (Wildman–Crippen MR) is 122 cm³/mol. The van der Waals surface area contributed by atoms with E-state index in [4.69, 9.17) is 24.3 Å². The van der Waals surface area contributed by atoms with Gasteiger partial charge in [0.25, 0.3) is 5.56 Å². The lowest BCUT2D eigenvalue weighted by atomic mass is 9.96. The third kappa shape index (κ3) is 5.36. The zero-order valence-corrected chi connectivity index (χ0v) is 20.5. The van der Waals surface area contributed by atoms with Crippen LogP contribution in [-0.4, -0.2) is 93.8 Å². The second-order valence-electron chi connectivity index (χ2n) is 8.83. The van der Waals surface area contributed by atoms with Crippen molar-refractivity contribution in [1.82, 2.24) is 19.1 Å². The van der Waals surface area contributed by atoms with Crippen molar-refractivity contribution in [3.63, 3.8) is 0 Å². The van der Waals surface area contributed by atoms with E-state index in [1.165, 1.54) is 12.3 Å². The first-order valence-electron chi connectivity index (χ1n) is 11.1. The SMILES string of the molecule is C[C@@]1(O)[C@H](OP(=O)(O)OC[C@H]2O[C@@H](n3ccc(=O)[nH]c3=O)[C@H](O)[C@@H]2O)[C@@H](CO)O[C@H]1n1ccc(N)nc1=O. The Morgan fingerprint density at radius 1 is 1.16 bits per heavy atom. The van der Waals surface area contributed by atoms with Crippen molar-refractivity contribution >= 4 is 13.6 Å². The molecule has 0 amide bonds. The number of aromatic nitrogens is 4. The second-order valence-corrected chi connectivity index (χ2v) is 10.2. The summed E-state index contributed by atoms with van der Waals surface area (Å²) in [7, 11) is -5.08. The maximum absolute atomic E-state index is 12.7. The molecular weight excluding hydrogens is 537 g/mol. The van der Waals surface area contributed by atoms with Crippen LogP contribution >= 0.6 is 7.82 Å². The van der Waals surface area contributed by atoms with Crippen LogP contribution in [0.25, 0.3) is 0 Å². The minimum atomic E-state index is -5.08. The smallest absolute Gasteiger partial charge is 0.394 e. The zero-order valence-electron chi connectivity index (χ0n) is 19.6. The number of aliphatic hydroxyl groups is 4. The van der Waals surface area contributed by atoms with Gasteiger partial charge in [0.05, 0.1) is 13.2 Å².